The molecule has 0 bridgehead atoms. The van der Waals surface area contributed by atoms with Crippen LogP contribution in [0.25, 0.3) is 0 Å². The first-order valence-corrected chi connectivity index (χ1v) is 7.48. The largest absolute Gasteiger partial charge is 0.316 e. The summed E-state index contributed by atoms with van der Waals surface area (Å²) in [6.07, 6.45) is 1.57. The molecule has 2 heterocycles. The van der Waals surface area contributed by atoms with Gasteiger partial charge >= 0.3 is 0 Å². The van der Waals surface area contributed by atoms with Gasteiger partial charge in [-0.1, -0.05) is 30.3 Å². The Kier molecular flexibility index (Phi) is 3.64. The minimum atomic E-state index is -0.310. The third kappa shape index (κ3) is 2.63. The fourth-order valence-electron chi connectivity index (χ4n) is 2.84. The van der Waals surface area contributed by atoms with Crippen LogP contribution >= 0.6 is 0 Å². The molecular weight excluding hydrogens is 262 g/mol. The SMILES string of the molecule is CC(C)(c1ccccc1)c1nc2c(c(=O)[nH]1)CCNCC2. The summed E-state index contributed by atoms with van der Waals surface area (Å²) in [5.74, 6) is 0.749. The van der Waals surface area contributed by atoms with E-state index in [1.165, 1.54) is 0 Å². The highest BCUT2D eigenvalue weighted by Crippen LogP contribution is 2.28. The number of nitrogens with one attached hydrogen (secondary N) is 2. The Bertz CT molecular complexity index is 689. The fraction of sp³-hybridized carbons (Fsp3) is 0.412. The van der Waals surface area contributed by atoms with Crippen molar-refractivity contribution in [3.63, 3.8) is 0 Å². The molecule has 0 unspecified atom stereocenters. The third-order valence-corrected chi connectivity index (χ3v) is 4.28. The number of aromatic amines is 1. The summed E-state index contributed by atoms with van der Waals surface area (Å²) in [5.41, 5.74) is 2.65. The second-order valence-electron chi connectivity index (χ2n) is 6.08. The van der Waals surface area contributed by atoms with Crippen LogP contribution in [0.3, 0.4) is 0 Å². The highest BCUT2D eigenvalue weighted by Gasteiger charge is 2.27. The van der Waals surface area contributed by atoms with Gasteiger partial charge in [-0.05, 0) is 32.4 Å². The number of nitrogens with zero attached hydrogens (tertiary/aromatic N) is 1. The van der Waals surface area contributed by atoms with Crippen molar-refractivity contribution in [2.45, 2.75) is 32.1 Å². The molecular formula is C17H21N3O. The monoisotopic (exact) mass is 283 g/mol. The van der Waals surface area contributed by atoms with Crippen molar-refractivity contribution in [3.8, 4) is 0 Å². The summed E-state index contributed by atoms with van der Waals surface area (Å²) < 4.78 is 0. The van der Waals surface area contributed by atoms with Gasteiger partial charge in [0.1, 0.15) is 5.82 Å². The molecule has 3 rings (SSSR count). The molecule has 0 atom stereocenters. The van der Waals surface area contributed by atoms with E-state index in [0.717, 1.165) is 48.6 Å². The number of aromatic nitrogens is 2. The number of hydrogen-bond acceptors (Lipinski definition) is 3. The lowest BCUT2D eigenvalue weighted by Gasteiger charge is -2.25. The van der Waals surface area contributed by atoms with Gasteiger partial charge in [-0.2, -0.15) is 0 Å². The average molecular weight is 283 g/mol. The number of hydrogen-bond donors (Lipinski definition) is 2. The van der Waals surface area contributed by atoms with Crippen molar-refractivity contribution in [2.75, 3.05) is 13.1 Å². The van der Waals surface area contributed by atoms with E-state index in [4.69, 9.17) is 4.98 Å². The van der Waals surface area contributed by atoms with Crippen LogP contribution in [-0.2, 0) is 18.3 Å². The highest BCUT2D eigenvalue weighted by molar-refractivity contribution is 5.32. The van der Waals surface area contributed by atoms with Crippen LogP contribution in [-0.4, -0.2) is 23.1 Å². The molecule has 0 radical (unpaired) electrons. The van der Waals surface area contributed by atoms with E-state index < -0.39 is 0 Å². The van der Waals surface area contributed by atoms with Gasteiger partial charge < -0.3 is 10.3 Å². The summed E-state index contributed by atoms with van der Waals surface area (Å²) in [5, 5.41) is 3.32. The second kappa shape index (κ2) is 5.45. The van der Waals surface area contributed by atoms with Crippen LogP contribution in [0.2, 0.25) is 0 Å². The Hall–Kier alpha value is -1.94. The number of fused-ring (bicyclic) bond motifs is 1. The molecule has 1 aromatic heterocycles. The van der Waals surface area contributed by atoms with Crippen LogP contribution < -0.4 is 10.9 Å². The van der Waals surface area contributed by atoms with Gasteiger partial charge in [-0.25, -0.2) is 4.98 Å². The van der Waals surface area contributed by atoms with E-state index in [-0.39, 0.29) is 11.0 Å². The highest BCUT2D eigenvalue weighted by atomic mass is 16.1. The molecule has 0 spiro atoms. The smallest absolute Gasteiger partial charge is 0.254 e. The maximum atomic E-state index is 12.4. The van der Waals surface area contributed by atoms with E-state index in [0.29, 0.717) is 0 Å². The van der Waals surface area contributed by atoms with Gasteiger partial charge in [0.05, 0.1) is 5.69 Å². The molecule has 0 saturated heterocycles. The quantitative estimate of drug-likeness (QED) is 0.883. The Morgan fingerprint density at radius 3 is 2.57 bits per heavy atom. The average Bonchev–Trinajstić information content (AvgIpc) is 2.74. The molecule has 4 heteroatoms. The Morgan fingerprint density at radius 2 is 1.81 bits per heavy atom. The molecule has 0 aliphatic carbocycles. The minimum absolute atomic E-state index is 0.0164. The second-order valence-corrected chi connectivity index (χ2v) is 6.08. The van der Waals surface area contributed by atoms with Crippen LogP contribution in [0.5, 0.6) is 0 Å². The molecule has 0 fully saturated rings. The van der Waals surface area contributed by atoms with Gasteiger partial charge in [0.2, 0.25) is 0 Å². The van der Waals surface area contributed by atoms with Crippen LogP contribution in [0.15, 0.2) is 35.1 Å². The number of benzene rings is 1. The summed E-state index contributed by atoms with van der Waals surface area (Å²) in [7, 11) is 0. The minimum Gasteiger partial charge on any atom is -0.316 e. The molecule has 4 nitrogen and oxygen atoms in total. The molecule has 1 aliphatic heterocycles. The van der Waals surface area contributed by atoms with E-state index in [1.807, 2.05) is 18.2 Å². The zero-order chi connectivity index (χ0) is 14.9. The van der Waals surface area contributed by atoms with Crippen LogP contribution in [0.4, 0.5) is 0 Å². The van der Waals surface area contributed by atoms with Crippen LogP contribution in [0, 0.1) is 0 Å². The molecule has 1 aliphatic rings. The zero-order valence-electron chi connectivity index (χ0n) is 12.6. The molecule has 110 valence electrons. The van der Waals surface area contributed by atoms with Gasteiger partial charge in [0.25, 0.3) is 5.56 Å². The molecule has 0 amide bonds. The van der Waals surface area contributed by atoms with E-state index >= 15 is 0 Å². The summed E-state index contributed by atoms with van der Waals surface area (Å²) in [6.45, 7) is 5.93. The summed E-state index contributed by atoms with van der Waals surface area (Å²) in [4.78, 5) is 20.2. The molecule has 1 aromatic carbocycles. The summed E-state index contributed by atoms with van der Waals surface area (Å²) >= 11 is 0. The van der Waals surface area contributed by atoms with E-state index in [2.05, 4.69) is 36.3 Å². The lowest BCUT2D eigenvalue weighted by Crippen LogP contribution is -2.29. The zero-order valence-corrected chi connectivity index (χ0v) is 12.6. The first-order chi connectivity index (χ1) is 10.1. The maximum Gasteiger partial charge on any atom is 0.254 e. The van der Waals surface area contributed by atoms with E-state index in [9.17, 15) is 4.79 Å². The van der Waals surface area contributed by atoms with Crippen molar-refractivity contribution in [1.82, 2.24) is 15.3 Å². The Balaban J connectivity index is 2.09. The Morgan fingerprint density at radius 1 is 1.10 bits per heavy atom. The molecule has 0 saturated carbocycles. The van der Waals surface area contributed by atoms with Crippen molar-refractivity contribution >= 4 is 0 Å². The van der Waals surface area contributed by atoms with Crippen molar-refractivity contribution in [3.05, 3.63) is 63.3 Å². The van der Waals surface area contributed by atoms with Crippen LogP contribution in [0.1, 0.15) is 36.5 Å². The van der Waals surface area contributed by atoms with Gasteiger partial charge in [-0.3, -0.25) is 4.79 Å². The lowest BCUT2D eigenvalue weighted by molar-refractivity contribution is 0.579. The van der Waals surface area contributed by atoms with E-state index in [1.54, 1.807) is 0 Å². The third-order valence-electron chi connectivity index (χ3n) is 4.28. The van der Waals surface area contributed by atoms with Crippen molar-refractivity contribution in [2.24, 2.45) is 0 Å². The maximum absolute atomic E-state index is 12.4. The van der Waals surface area contributed by atoms with Crippen molar-refractivity contribution in [1.29, 1.82) is 0 Å². The topological polar surface area (TPSA) is 57.8 Å². The van der Waals surface area contributed by atoms with Gasteiger partial charge in [0.15, 0.2) is 0 Å². The first kappa shape index (κ1) is 14.0. The summed E-state index contributed by atoms with van der Waals surface area (Å²) in [6, 6.07) is 10.2. The standard InChI is InChI=1S/C17H21N3O/c1-17(2,12-6-4-3-5-7-12)16-19-14-9-11-18-10-8-13(14)15(21)20-16/h3-7,18H,8-11H2,1-2H3,(H,19,20,21). The van der Waals surface area contributed by atoms with Gasteiger partial charge in [0, 0.05) is 23.9 Å². The fourth-order valence-corrected chi connectivity index (χ4v) is 2.84. The normalized spacial score (nSPS) is 15.3. The van der Waals surface area contributed by atoms with Crippen molar-refractivity contribution < 1.29 is 0 Å². The molecule has 2 aromatic rings. The predicted molar refractivity (Wildman–Crippen MR) is 83.7 cm³/mol. The molecule has 2 N–H and O–H groups in total. The van der Waals surface area contributed by atoms with Gasteiger partial charge in [-0.15, -0.1) is 0 Å². The Labute approximate surface area is 124 Å². The number of H-pyrrole nitrogens is 1. The number of rotatable bonds is 2. The lowest BCUT2D eigenvalue weighted by atomic mass is 9.83. The first-order valence-electron chi connectivity index (χ1n) is 7.48. The predicted octanol–water partition coefficient (Wildman–Crippen LogP) is 1.78. The molecule has 21 heavy (non-hydrogen) atoms.